The van der Waals surface area contributed by atoms with Crippen LogP contribution in [0.4, 0.5) is 5.82 Å². The third-order valence-corrected chi connectivity index (χ3v) is 4.28. The molecule has 1 N–H and O–H groups in total. The van der Waals surface area contributed by atoms with E-state index in [1.54, 1.807) is 25.5 Å². The van der Waals surface area contributed by atoms with Gasteiger partial charge in [-0.1, -0.05) is 6.07 Å². The van der Waals surface area contributed by atoms with E-state index in [4.69, 9.17) is 4.74 Å². The average molecular weight is 326 g/mol. The van der Waals surface area contributed by atoms with E-state index in [9.17, 15) is 4.79 Å². The first-order valence-corrected chi connectivity index (χ1v) is 8.24. The Kier molecular flexibility index (Phi) is 5.25. The molecule has 0 aromatic carbocycles. The van der Waals surface area contributed by atoms with Gasteiger partial charge in [0.05, 0.1) is 12.2 Å². The Balaban J connectivity index is 1.57. The lowest BCUT2D eigenvalue weighted by molar-refractivity contribution is 0.0963. The number of pyridine rings is 2. The van der Waals surface area contributed by atoms with E-state index >= 15 is 0 Å². The summed E-state index contributed by atoms with van der Waals surface area (Å²) >= 11 is 0. The molecule has 1 aliphatic rings. The minimum Gasteiger partial charge on any atom is -0.477 e. The molecule has 1 amide bonds. The molecule has 0 saturated carbocycles. The lowest BCUT2D eigenvalue weighted by atomic mass is 9.97. The van der Waals surface area contributed by atoms with Crippen LogP contribution < -0.4 is 15.0 Å². The maximum absolute atomic E-state index is 12.0. The van der Waals surface area contributed by atoms with Crippen molar-refractivity contribution >= 4 is 11.7 Å². The van der Waals surface area contributed by atoms with Crippen LogP contribution in [0.15, 0.2) is 42.7 Å². The molecule has 2 aromatic rings. The summed E-state index contributed by atoms with van der Waals surface area (Å²) in [5.41, 5.74) is 0.628. The van der Waals surface area contributed by atoms with E-state index in [1.807, 2.05) is 24.3 Å². The van der Waals surface area contributed by atoms with Gasteiger partial charge in [0, 0.05) is 38.6 Å². The molecule has 3 heterocycles. The lowest BCUT2D eigenvalue weighted by Gasteiger charge is -2.33. The van der Waals surface area contributed by atoms with Gasteiger partial charge in [0.1, 0.15) is 5.82 Å². The fourth-order valence-corrected chi connectivity index (χ4v) is 2.91. The molecule has 2 aromatic heterocycles. The van der Waals surface area contributed by atoms with Crippen LogP contribution >= 0.6 is 0 Å². The fraction of sp³-hybridized carbons (Fsp3) is 0.389. The molecule has 24 heavy (non-hydrogen) atoms. The van der Waals surface area contributed by atoms with Crippen molar-refractivity contribution in [2.75, 3.05) is 31.6 Å². The maximum atomic E-state index is 12.0. The zero-order chi connectivity index (χ0) is 16.8. The van der Waals surface area contributed by atoms with Gasteiger partial charge in [0.25, 0.3) is 5.91 Å². The van der Waals surface area contributed by atoms with Gasteiger partial charge >= 0.3 is 0 Å². The minimum absolute atomic E-state index is 0.0984. The molecule has 0 spiro atoms. The number of amides is 1. The van der Waals surface area contributed by atoms with Crippen molar-refractivity contribution in [3.63, 3.8) is 0 Å². The Morgan fingerprint density at radius 3 is 2.71 bits per heavy atom. The highest BCUT2D eigenvalue weighted by molar-refractivity contribution is 5.98. The molecule has 1 fully saturated rings. The molecule has 0 unspecified atom stereocenters. The highest BCUT2D eigenvalue weighted by Crippen LogP contribution is 2.25. The maximum Gasteiger partial charge on any atom is 0.254 e. The zero-order valence-corrected chi connectivity index (χ0v) is 13.8. The molecular formula is C18H22N4O2. The predicted octanol–water partition coefficient (Wildman–Crippen LogP) is 2.13. The number of nitrogens with zero attached hydrogens (tertiary/aromatic N) is 3. The van der Waals surface area contributed by atoms with Crippen LogP contribution in [0, 0.1) is 5.92 Å². The first-order chi connectivity index (χ1) is 11.8. The van der Waals surface area contributed by atoms with Crippen LogP contribution in [0.25, 0.3) is 0 Å². The third kappa shape index (κ3) is 3.82. The number of nitrogens with one attached hydrogen (secondary N) is 1. The van der Waals surface area contributed by atoms with Gasteiger partial charge in [0.15, 0.2) is 0 Å². The summed E-state index contributed by atoms with van der Waals surface area (Å²) in [5.74, 6) is 1.83. The Morgan fingerprint density at radius 2 is 2.00 bits per heavy atom. The number of ether oxygens (including phenoxy) is 1. The molecule has 1 saturated heterocycles. The number of hydrogen-bond acceptors (Lipinski definition) is 5. The summed E-state index contributed by atoms with van der Waals surface area (Å²) in [4.78, 5) is 22.8. The van der Waals surface area contributed by atoms with Crippen molar-refractivity contribution < 1.29 is 9.53 Å². The molecule has 3 rings (SSSR count). The van der Waals surface area contributed by atoms with E-state index in [0.717, 1.165) is 31.7 Å². The van der Waals surface area contributed by atoms with Gasteiger partial charge in [-0.3, -0.25) is 4.79 Å². The van der Waals surface area contributed by atoms with Gasteiger partial charge < -0.3 is 15.0 Å². The highest BCUT2D eigenvalue weighted by Gasteiger charge is 2.24. The molecule has 0 atom stereocenters. The average Bonchev–Trinajstić information content (AvgIpc) is 2.67. The molecule has 0 aliphatic carbocycles. The van der Waals surface area contributed by atoms with Gasteiger partial charge in [0.2, 0.25) is 5.88 Å². The number of piperidine rings is 1. The number of anilines is 1. The normalized spacial score (nSPS) is 15.1. The topological polar surface area (TPSA) is 67.4 Å². The van der Waals surface area contributed by atoms with Gasteiger partial charge in [-0.2, -0.15) is 0 Å². The number of carbonyl (C=O) groups excluding carboxylic acids is 1. The fourth-order valence-electron chi connectivity index (χ4n) is 2.91. The van der Waals surface area contributed by atoms with Crippen LogP contribution in [-0.2, 0) is 0 Å². The second-order valence-electron chi connectivity index (χ2n) is 5.86. The van der Waals surface area contributed by atoms with Crippen molar-refractivity contribution in [1.82, 2.24) is 15.3 Å². The van der Waals surface area contributed by atoms with E-state index in [1.165, 1.54) is 0 Å². The Labute approximate surface area is 141 Å². The molecular weight excluding hydrogens is 304 g/mol. The molecule has 6 nitrogen and oxygen atoms in total. The lowest BCUT2D eigenvalue weighted by Crippen LogP contribution is -2.37. The van der Waals surface area contributed by atoms with E-state index in [0.29, 0.717) is 24.0 Å². The first-order valence-electron chi connectivity index (χ1n) is 8.24. The summed E-state index contributed by atoms with van der Waals surface area (Å²) in [6.07, 6.45) is 5.49. The van der Waals surface area contributed by atoms with Crippen LogP contribution in [0.1, 0.15) is 23.2 Å². The molecule has 0 radical (unpaired) electrons. The molecule has 0 bridgehead atoms. The van der Waals surface area contributed by atoms with Gasteiger partial charge in [-0.15, -0.1) is 0 Å². The highest BCUT2D eigenvalue weighted by atomic mass is 16.5. The van der Waals surface area contributed by atoms with E-state index in [-0.39, 0.29) is 5.91 Å². The quantitative estimate of drug-likeness (QED) is 0.912. The van der Waals surface area contributed by atoms with Crippen molar-refractivity contribution in [2.24, 2.45) is 5.92 Å². The van der Waals surface area contributed by atoms with Gasteiger partial charge in [-0.25, -0.2) is 9.97 Å². The Hall–Kier alpha value is -2.63. The van der Waals surface area contributed by atoms with Crippen molar-refractivity contribution in [3.05, 3.63) is 48.3 Å². The minimum atomic E-state index is -0.0984. The van der Waals surface area contributed by atoms with Crippen molar-refractivity contribution in [1.29, 1.82) is 0 Å². The van der Waals surface area contributed by atoms with E-state index in [2.05, 4.69) is 20.2 Å². The van der Waals surface area contributed by atoms with Crippen molar-refractivity contribution in [3.8, 4) is 5.88 Å². The zero-order valence-electron chi connectivity index (χ0n) is 13.8. The summed E-state index contributed by atoms with van der Waals surface area (Å²) in [7, 11) is 1.64. The van der Waals surface area contributed by atoms with Crippen LogP contribution in [0.2, 0.25) is 0 Å². The predicted molar refractivity (Wildman–Crippen MR) is 92.3 cm³/mol. The number of aromatic nitrogens is 2. The standard InChI is InChI=1S/C18H22N4O2/c1-19-18(23)15-5-4-10-21-17(15)22-11-7-14(8-12-22)13-24-16-6-2-3-9-20-16/h2-6,9-10,14H,7-8,11-13H2,1H3,(H,19,23). The summed E-state index contributed by atoms with van der Waals surface area (Å²) < 4.78 is 5.76. The monoisotopic (exact) mass is 326 g/mol. The van der Waals surface area contributed by atoms with Crippen LogP contribution in [0.3, 0.4) is 0 Å². The Bertz CT molecular complexity index is 670. The smallest absolute Gasteiger partial charge is 0.254 e. The largest absolute Gasteiger partial charge is 0.477 e. The van der Waals surface area contributed by atoms with Gasteiger partial charge in [-0.05, 0) is 37.0 Å². The first kappa shape index (κ1) is 16.2. The second kappa shape index (κ2) is 7.77. The van der Waals surface area contributed by atoms with Crippen LogP contribution in [-0.4, -0.2) is 42.6 Å². The third-order valence-electron chi connectivity index (χ3n) is 4.28. The van der Waals surface area contributed by atoms with Crippen LogP contribution in [0.5, 0.6) is 5.88 Å². The Morgan fingerprint density at radius 1 is 1.21 bits per heavy atom. The summed E-state index contributed by atoms with van der Waals surface area (Å²) in [6, 6.07) is 9.28. The number of carbonyl (C=O) groups is 1. The molecule has 126 valence electrons. The molecule has 6 heteroatoms. The van der Waals surface area contributed by atoms with Crippen molar-refractivity contribution in [2.45, 2.75) is 12.8 Å². The number of rotatable bonds is 5. The van der Waals surface area contributed by atoms with E-state index < -0.39 is 0 Å². The second-order valence-corrected chi connectivity index (χ2v) is 5.86. The SMILES string of the molecule is CNC(=O)c1cccnc1N1CCC(COc2ccccn2)CC1. The summed E-state index contributed by atoms with van der Waals surface area (Å²) in [6.45, 7) is 2.42. The number of hydrogen-bond donors (Lipinski definition) is 1. The summed E-state index contributed by atoms with van der Waals surface area (Å²) in [5, 5.41) is 2.68. The molecule has 1 aliphatic heterocycles.